The van der Waals surface area contributed by atoms with Crippen LogP contribution in [-0.2, 0) is 12.7 Å². The number of thioether (sulfide) groups is 1. The molecule has 2 aliphatic heterocycles. The van der Waals surface area contributed by atoms with Crippen molar-refractivity contribution >= 4 is 40.1 Å². The maximum absolute atomic E-state index is 14.5. The number of hydrogen-bond donors (Lipinski definition) is 1. The molecule has 0 aliphatic carbocycles. The van der Waals surface area contributed by atoms with E-state index in [-0.39, 0.29) is 34.1 Å². The molecule has 2 unspecified atom stereocenters. The minimum atomic E-state index is -4.70. The average molecular weight is 527 g/mol. The molecule has 2 atom stereocenters. The number of benzene rings is 2. The standard InChI is InChI=1S/C24H23ClF4N4OS/c1-12-10-32(11-13(2)30-12)22-15-9-16(24(27,28)29)19(14-4-5-18(26)17(25)8-14)21-20(15)33(23(34)31-22)6-3-7-35-21/h4-5,8-9,12-13,30H,3,6-7,10-11H2,1-2H3. The number of hydrogen-bond acceptors (Lipinski definition) is 5. The second kappa shape index (κ2) is 8.97. The molecule has 2 aromatic carbocycles. The van der Waals surface area contributed by atoms with E-state index in [1.807, 2.05) is 18.7 Å². The van der Waals surface area contributed by atoms with Gasteiger partial charge in [-0.3, -0.25) is 4.57 Å². The Morgan fingerprint density at radius 2 is 1.89 bits per heavy atom. The lowest BCUT2D eigenvalue weighted by molar-refractivity contribution is -0.137. The van der Waals surface area contributed by atoms with Crippen LogP contribution in [0.25, 0.3) is 22.0 Å². The van der Waals surface area contributed by atoms with Gasteiger partial charge in [-0.1, -0.05) is 17.7 Å². The topological polar surface area (TPSA) is 50.2 Å². The third-order valence-corrected chi connectivity index (χ3v) is 7.81. The van der Waals surface area contributed by atoms with Crippen LogP contribution < -0.4 is 15.9 Å². The van der Waals surface area contributed by atoms with Crippen LogP contribution in [0.15, 0.2) is 34.0 Å². The zero-order chi connectivity index (χ0) is 25.1. The van der Waals surface area contributed by atoms with E-state index in [2.05, 4.69) is 10.3 Å². The Kier molecular flexibility index (Phi) is 6.26. The highest BCUT2D eigenvalue weighted by atomic mass is 35.5. The monoisotopic (exact) mass is 526 g/mol. The molecule has 1 saturated heterocycles. The zero-order valence-electron chi connectivity index (χ0n) is 19.0. The number of nitrogens with zero attached hydrogens (tertiary/aromatic N) is 3. The molecule has 186 valence electrons. The Bertz CT molecular complexity index is 1370. The number of alkyl halides is 3. The van der Waals surface area contributed by atoms with E-state index in [1.54, 1.807) is 0 Å². The Morgan fingerprint density at radius 1 is 1.17 bits per heavy atom. The summed E-state index contributed by atoms with van der Waals surface area (Å²) < 4.78 is 58.9. The van der Waals surface area contributed by atoms with Crippen LogP contribution in [0.4, 0.5) is 23.4 Å². The number of piperazine rings is 1. The van der Waals surface area contributed by atoms with Gasteiger partial charge in [0.1, 0.15) is 11.6 Å². The first-order valence-electron chi connectivity index (χ1n) is 11.3. The smallest absolute Gasteiger partial charge is 0.353 e. The number of aromatic nitrogens is 2. The van der Waals surface area contributed by atoms with E-state index in [0.29, 0.717) is 47.6 Å². The molecule has 0 spiro atoms. The summed E-state index contributed by atoms with van der Waals surface area (Å²) in [5.74, 6) is 0.0734. The summed E-state index contributed by atoms with van der Waals surface area (Å²) in [7, 11) is 0. The molecule has 0 bridgehead atoms. The average Bonchev–Trinajstić information content (AvgIpc) is 3.00. The molecule has 1 fully saturated rings. The van der Waals surface area contributed by atoms with Gasteiger partial charge < -0.3 is 10.2 Å². The zero-order valence-corrected chi connectivity index (χ0v) is 20.6. The third-order valence-electron chi connectivity index (χ3n) is 6.34. The fourth-order valence-corrected chi connectivity index (χ4v) is 6.43. The van der Waals surface area contributed by atoms with Gasteiger partial charge in [0.25, 0.3) is 0 Å². The quantitative estimate of drug-likeness (QED) is 0.443. The molecule has 0 saturated carbocycles. The molecule has 35 heavy (non-hydrogen) atoms. The van der Waals surface area contributed by atoms with Crippen LogP contribution >= 0.6 is 23.4 Å². The van der Waals surface area contributed by atoms with Crippen molar-refractivity contribution in [1.82, 2.24) is 14.9 Å². The van der Waals surface area contributed by atoms with Gasteiger partial charge in [-0.2, -0.15) is 18.2 Å². The van der Waals surface area contributed by atoms with Crippen molar-refractivity contribution in [2.45, 2.75) is 50.0 Å². The lowest BCUT2D eigenvalue weighted by Crippen LogP contribution is -2.55. The van der Waals surface area contributed by atoms with Crippen molar-refractivity contribution in [3.05, 3.63) is 51.2 Å². The van der Waals surface area contributed by atoms with Gasteiger partial charge in [-0.25, -0.2) is 9.18 Å². The number of nitrogens with one attached hydrogen (secondary N) is 1. The normalized spacial score (nSPS) is 20.8. The summed E-state index contributed by atoms with van der Waals surface area (Å²) in [5, 5.41) is 3.42. The Labute approximate surface area is 208 Å². The van der Waals surface area contributed by atoms with Gasteiger partial charge in [0.05, 0.1) is 16.1 Å². The Hall–Kier alpha value is -2.30. The summed E-state index contributed by atoms with van der Waals surface area (Å²) in [5.41, 5.74) is -0.854. The SMILES string of the molecule is CC1CN(c2nc(=O)n3c4c(c(-c5ccc(F)c(Cl)c5)c(C(F)(F)F)cc24)SCCC3)CC(C)N1. The first-order chi connectivity index (χ1) is 16.5. The lowest BCUT2D eigenvalue weighted by Gasteiger charge is -2.37. The molecule has 11 heteroatoms. The summed E-state index contributed by atoms with van der Waals surface area (Å²) in [6.07, 6.45) is -4.10. The van der Waals surface area contributed by atoms with E-state index < -0.39 is 23.2 Å². The van der Waals surface area contributed by atoms with Crippen molar-refractivity contribution in [2.24, 2.45) is 0 Å². The van der Waals surface area contributed by atoms with Gasteiger partial charge in [0.2, 0.25) is 0 Å². The molecule has 2 aliphatic rings. The predicted molar refractivity (Wildman–Crippen MR) is 131 cm³/mol. The van der Waals surface area contributed by atoms with E-state index in [1.165, 1.54) is 28.5 Å². The maximum Gasteiger partial charge on any atom is 0.417 e. The molecule has 0 amide bonds. The molecule has 3 aromatic rings. The largest absolute Gasteiger partial charge is 0.417 e. The van der Waals surface area contributed by atoms with Crippen LogP contribution in [0.3, 0.4) is 0 Å². The summed E-state index contributed by atoms with van der Waals surface area (Å²) in [6.45, 7) is 5.34. The second-order valence-electron chi connectivity index (χ2n) is 9.10. The first-order valence-corrected chi connectivity index (χ1v) is 12.7. The first kappa shape index (κ1) is 24.4. The van der Waals surface area contributed by atoms with Gasteiger partial charge in [0.15, 0.2) is 0 Å². The molecule has 5 nitrogen and oxygen atoms in total. The summed E-state index contributed by atoms with van der Waals surface area (Å²) >= 11 is 7.23. The second-order valence-corrected chi connectivity index (χ2v) is 10.6. The van der Waals surface area contributed by atoms with E-state index in [4.69, 9.17) is 11.6 Å². The summed E-state index contributed by atoms with van der Waals surface area (Å²) in [6, 6.07) is 4.80. The minimum absolute atomic E-state index is 0.0743. The van der Waals surface area contributed by atoms with Crippen LogP contribution in [-0.4, -0.2) is 40.5 Å². The van der Waals surface area contributed by atoms with Crippen LogP contribution in [0.1, 0.15) is 25.8 Å². The molecule has 5 rings (SSSR count). The van der Waals surface area contributed by atoms with Crippen LogP contribution in [0, 0.1) is 5.82 Å². The minimum Gasteiger partial charge on any atom is -0.353 e. The Balaban J connectivity index is 1.89. The molecule has 1 aromatic heterocycles. The van der Waals surface area contributed by atoms with Crippen LogP contribution in [0.5, 0.6) is 0 Å². The van der Waals surface area contributed by atoms with Gasteiger partial charge in [-0.15, -0.1) is 11.8 Å². The van der Waals surface area contributed by atoms with Crippen molar-refractivity contribution in [3.8, 4) is 11.1 Å². The third kappa shape index (κ3) is 4.40. The number of rotatable bonds is 2. The fourth-order valence-electron chi connectivity index (χ4n) is 5.04. The van der Waals surface area contributed by atoms with E-state index >= 15 is 0 Å². The van der Waals surface area contributed by atoms with Crippen molar-refractivity contribution in [1.29, 1.82) is 0 Å². The molecular weight excluding hydrogens is 504 g/mol. The molecule has 0 radical (unpaired) electrons. The maximum atomic E-state index is 14.5. The van der Waals surface area contributed by atoms with Crippen LogP contribution in [0.2, 0.25) is 5.02 Å². The Morgan fingerprint density at radius 3 is 2.54 bits per heavy atom. The molecule has 3 heterocycles. The number of anilines is 1. The van der Waals surface area contributed by atoms with Gasteiger partial charge in [-0.05, 0) is 49.8 Å². The van der Waals surface area contributed by atoms with Crippen molar-refractivity contribution in [2.75, 3.05) is 23.7 Å². The lowest BCUT2D eigenvalue weighted by atomic mass is 9.96. The van der Waals surface area contributed by atoms with E-state index in [9.17, 15) is 22.4 Å². The predicted octanol–water partition coefficient (Wildman–Crippen LogP) is 5.56. The van der Waals surface area contributed by atoms with Gasteiger partial charge in [0, 0.05) is 47.6 Å². The van der Waals surface area contributed by atoms with Gasteiger partial charge >= 0.3 is 11.9 Å². The highest BCUT2D eigenvalue weighted by molar-refractivity contribution is 7.99. The highest BCUT2D eigenvalue weighted by Gasteiger charge is 2.38. The van der Waals surface area contributed by atoms with E-state index in [0.717, 1.165) is 12.1 Å². The molecular formula is C24H23ClF4N4OS. The summed E-state index contributed by atoms with van der Waals surface area (Å²) in [4.78, 5) is 19.7. The number of halogens is 5. The highest BCUT2D eigenvalue weighted by Crippen LogP contribution is 2.48. The molecule has 1 N–H and O–H groups in total. The number of aryl methyl sites for hydroxylation is 1. The fraction of sp³-hybridized carbons (Fsp3) is 0.417. The van der Waals surface area contributed by atoms with Crippen molar-refractivity contribution in [3.63, 3.8) is 0 Å². The van der Waals surface area contributed by atoms with Crippen molar-refractivity contribution < 1.29 is 17.6 Å².